The van der Waals surface area contributed by atoms with Crippen molar-refractivity contribution in [3.8, 4) is 0 Å². The Balaban J connectivity index is 2.31. The number of fused-ring (bicyclic) bond motifs is 1. The second-order valence-electron chi connectivity index (χ2n) is 4.08. The first-order chi connectivity index (χ1) is 7.74. The molecular formula is C12H17ClN2S. The third kappa shape index (κ3) is 2.31. The smallest absolute Gasteiger partial charge is 0.0696 e. The molecule has 0 spiro atoms. The molecule has 1 aromatic carbocycles. The highest BCUT2D eigenvalue weighted by Crippen LogP contribution is 2.41. The highest BCUT2D eigenvalue weighted by molar-refractivity contribution is 7.99. The zero-order valence-corrected chi connectivity index (χ0v) is 11.0. The van der Waals surface area contributed by atoms with Gasteiger partial charge >= 0.3 is 0 Å². The third-order valence-electron chi connectivity index (χ3n) is 2.85. The van der Waals surface area contributed by atoms with Crippen LogP contribution in [-0.4, -0.2) is 24.9 Å². The Labute approximate surface area is 106 Å². The zero-order valence-electron chi connectivity index (χ0n) is 9.45. The summed E-state index contributed by atoms with van der Waals surface area (Å²) in [5, 5.41) is 0.855. The fourth-order valence-corrected chi connectivity index (χ4v) is 3.48. The van der Waals surface area contributed by atoms with Crippen LogP contribution in [0.1, 0.15) is 13.3 Å². The van der Waals surface area contributed by atoms with Gasteiger partial charge in [0.2, 0.25) is 0 Å². The van der Waals surface area contributed by atoms with Gasteiger partial charge in [-0.15, -0.1) is 11.8 Å². The normalized spacial score (nSPS) is 19.7. The molecule has 0 bridgehead atoms. The average Bonchev–Trinajstić information content (AvgIpc) is 2.28. The number of hydrogen-bond donors (Lipinski definition) is 1. The minimum atomic E-state index is 0.531. The predicted octanol–water partition coefficient (Wildman–Crippen LogP) is 2.99. The maximum Gasteiger partial charge on any atom is 0.0696 e. The van der Waals surface area contributed by atoms with Crippen molar-refractivity contribution in [2.45, 2.75) is 24.3 Å². The lowest BCUT2D eigenvalue weighted by molar-refractivity contribution is 0.652. The largest absolute Gasteiger partial charge is 0.366 e. The molecule has 1 atom stereocenters. The van der Waals surface area contributed by atoms with Crippen LogP contribution < -0.4 is 10.6 Å². The lowest BCUT2D eigenvalue weighted by atomic mass is 10.2. The van der Waals surface area contributed by atoms with Gasteiger partial charge in [-0.25, -0.2) is 0 Å². The van der Waals surface area contributed by atoms with E-state index in [0.29, 0.717) is 6.04 Å². The topological polar surface area (TPSA) is 29.3 Å². The summed E-state index contributed by atoms with van der Waals surface area (Å²) in [5.41, 5.74) is 6.78. The van der Waals surface area contributed by atoms with Crippen molar-refractivity contribution in [2.75, 3.05) is 23.7 Å². The molecule has 0 aliphatic carbocycles. The molecule has 0 saturated heterocycles. The van der Waals surface area contributed by atoms with Crippen LogP contribution in [0.4, 0.5) is 5.69 Å². The fraction of sp³-hybridized carbons (Fsp3) is 0.500. The minimum absolute atomic E-state index is 0.531. The first kappa shape index (κ1) is 12.1. The summed E-state index contributed by atoms with van der Waals surface area (Å²) in [4.78, 5) is 3.68. The Morgan fingerprint density at radius 1 is 1.56 bits per heavy atom. The second kappa shape index (κ2) is 5.30. The molecule has 1 unspecified atom stereocenters. The van der Waals surface area contributed by atoms with Gasteiger partial charge in [-0.3, -0.25) is 0 Å². The molecule has 0 radical (unpaired) electrons. The molecule has 2 N–H and O–H groups in total. The van der Waals surface area contributed by atoms with E-state index in [1.165, 1.54) is 10.6 Å². The van der Waals surface area contributed by atoms with Crippen molar-refractivity contribution in [1.29, 1.82) is 0 Å². The quantitative estimate of drug-likeness (QED) is 0.902. The lowest BCUT2D eigenvalue weighted by Gasteiger charge is -2.37. The number of nitrogens with zero attached hydrogens (tertiary/aromatic N) is 1. The van der Waals surface area contributed by atoms with Gasteiger partial charge < -0.3 is 10.6 Å². The van der Waals surface area contributed by atoms with Gasteiger partial charge in [0.15, 0.2) is 0 Å². The summed E-state index contributed by atoms with van der Waals surface area (Å²) in [5.74, 6) is 1.12. The van der Waals surface area contributed by atoms with E-state index in [1.54, 1.807) is 0 Å². The molecule has 0 saturated carbocycles. The number of anilines is 1. The van der Waals surface area contributed by atoms with Crippen LogP contribution >= 0.6 is 23.4 Å². The molecule has 16 heavy (non-hydrogen) atoms. The zero-order chi connectivity index (χ0) is 11.5. The van der Waals surface area contributed by atoms with E-state index in [1.807, 2.05) is 23.9 Å². The van der Waals surface area contributed by atoms with Gasteiger partial charge in [-0.2, -0.15) is 0 Å². The van der Waals surface area contributed by atoms with E-state index < -0.39 is 0 Å². The van der Waals surface area contributed by atoms with Gasteiger partial charge in [0, 0.05) is 23.2 Å². The summed E-state index contributed by atoms with van der Waals surface area (Å²) in [6, 6.07) is 6.66. The second-order valence-corrected chi connectivity index (χ2v) is 5.55. The molecule has 1 aromatic rings. The van der Waals surface area contributed by atoms with E-state index in [2.05, 4.69) is 17.9 Å². The van der Waals surface area contributed by atoms with Crippen LogP contribution in [0.2, 0.25) is 5.02 Å². The average molecular weight is 257 g/mol. The molecule has 4 heteroatoms. The molecule has 1 aliphatic heterocycles. The van der Waals surface area contributed by atoms with Gasteiger partial charge in [-0.05, 0) is 32.0 Å². The molecule has 1 heterocycles. The van der Waals surface area contributed by atoms with Crippen LogP contribution in [0, 0.1) is 0 Å². The van der Waals surface area contributed by atoms with E-state index in [-0.39, 0.29) is 0 Å². The number of nitrogens with two attached hydrogens (primary N) is 1. The van der Waals surface area contributed by atoms with Crippen molar-refractivity contribution in [3.63, 3.8) is 0 Å². The number of benzene rings is 1. The van der Waals surface area contributed by atoms with Crippen LogP contribution in [0.25, 0.3) is 0 Å². The molecule has 1 aliphatic rings. The van der Waals surface area contributed by atoms with Crippen molar-refractivity contribution >= 4 is 29.1 Å². The predicted molar refractivity (Wildman–Crippen MR) is 72.7 cm³/mol. The van der Waals surface area contributed by atoms with Crippen LogP contribution in [-0.2, 0) is 0 Å². The van der Waals surface area contributed by atoms with E-state index in [4.69, 9.17) is 17.3 Å². The Morgan fingerprint density at radius 3 is 3.12 bits per heavy atom. The molecule has 0 amide bonds. The van der Waals surface area contributed by atoms with Gasteiger partial charge in [0.1, 0.15) is 0 Å². The maximum atomic E-state index is 6.29. The molecule has 2 nitrogen and oxygen atoms in total. The number of halogens is 1. The SMILES string of the molecule is CC1CSc2cccc(Cl)c2N1CCCN. The number of thioether (sulfide) groups is 1. The number of para-hydroxylation sites is 1. The van der Waals surface area contributed by atoms with Gasteiger partial charge in [0.25, 0.3) is 0 Å². The van der Waals surface area contributed by atoms with Crippen molar-refractivity contribution in [3.05, 3.63) is 23.2 Å². The highest BCUT2D eigenvalue weighted by atomic mass is 35.5. The maximum absolute atomic E-state index is 6.29. The van der Waals surface area contributed by atoms with Crippen molar-refractivity contribution in [1.82, 2.24) is 0 Å². The first-order valence-corrected chi connectivity index (χ1v) is 6.98. The summed E-state index contributed by atoms with van der Waals surface area (Å²) in [6.45, 7) is 3.97. The Bertz CT molecular complexity index is 370. The summed E-state index contributed by atoms with van der Waals surface area (Å²) >= 11 is 8.19. The molecule has 2 rings (SSSR count). The molecule has 0 aromatic heterocycles. The Kier molecular flexibility index (Phi) is 4.00. The Morgan fingerprint density at radius 2 is 2.38 bits per heavy atom. The van der Waals surface area contributed by atoms with Crippen LogP contribution in [0.3, 0.4) is 0 Å². The summed E-state index contributed by atoms with van der Waals surface area (Å²) in [7, 11) is 0. The van der Waals surface area contributed by atoms with Crippen molar-refractivity contribution in [2.24, 2.45) is 5.73 Å². The monoisotopic (exact) mass is 256 g/mol. The standard InChI is InChI=1S/C12H17ClN2S/c1-9-8-16-11-5-2-4-10(13)12(11)15(9)7-3-6-14/h2,4-5,9H,3,6-8,14H2,1H3. The first-order valence-electron chi connectivity index (χ1n) is 5.62. The Hall–Kier alpha value is -0.380. The summed E-state index contributed by atoms with van der Waals surface area (Å²) < 4.78 is 0. The fourth-order valence-electron chi connectivity index (χ4n) is 2.01. The number of rotatable bonds is 3. The van der Waals surface area contributed by atoms with Crippen LogP contribution in [0.5, 0.6) is 0 Å². The molecule has 0 fully saturated rings. The number of hydrogen-bond acceptors (Lipinski definition) is 3. The van der Waals surface area contributed by atoms with E-state index >= 15 is 0 Å². The third-order valence-corrected chi connectivity index (χ3v) is 4.45. The van der Waals surface area contributed by atoms with E-state index in [0.717, 1.165) is 30.3 Å². The van der Waals surface area contributed by atoms with Gasteiger partial charge in [-0.1, -0.05) is 17.7 Å². The molecular weight excluding hydrogens is 240 g/mol. The molecule has 88 valence electrons. The lowest BCUT2D eigenvalue weighted by Crippen LogP contribution is -2.39. The highest BCUT2D eigenvalue weighted by Gasteiger charge is 2.24. The van der Waals surface area contributed by atoms with Gasteiger partial charge in [0.05, 0.1) is 10.7 Å². The van der Waals surface area contributed by atoms with E-state index in [9.17, 15) is 0 Å². The van der Waals surface area contributed by atoms with Crippen LogP contribution in [0.15, 0.2) is 23.1 Å². The minimum Gasteiger partial charge on any atom is -0.366 e. The summed E-state index contributed by atoms with van der Waals surface area (Å²) in [6.07, 6.45) is 1.01. The van der Waals surface area contributed by atoms with Crippen molar-refractivity contribution < 1.29 is 0 Å².